The Balaban J connectivity index is 1.98. The van der Waals surface area contributed by atoms with E-state index in [1.165, 1.54) is 24.3 Å². The van der Waals surface area contributed by atoms with Crippen LogP contribution in [0, 0.1) is 6.92 Å². The lowest BCUT2D eigenvalue weighted by atomic mass is 10.2. The van der Waals surface area contributed by atoms with E-state index in [1.807, 2.05) is 6.92 Å². The molecule has 0 spiro atoms. The summed E-state index contributed by atoms with van der Waals surface area (Å²) in [7, 11) is -3.77. The van der Waals surface area contributed by atoms with Gasteiger partial charge >= 0.3 is 0 Å². The molecule has 0 heterocycles. The number of anilines is 1. The molecule has 0 aliphatic heterocycles. The minimum atomic E-state index is -3.77. The Bertz CT molecular complexity index is 821. The molecular formula is C15H14Cl2N2O3S. The summed E-state index contributed by atoms with van der Waals surface area (Å²) in [6.07, 6.45) is 0. The number of sulfonamides is 1. The molecule has 122 valence electrons. The van der Waals surface area contributed by atoms with Crippen LogP contribution in [0.3, 0.4) is 0 Å². The van der Waals surface area contributed by atoms with Crippen LogP contribution in [0.2, 0.25) is 10.0 Å². The van der Waals surface area contributed by atoms with E-state index in [1.54, 1.807) is 18.2 Å². The van der Waals surface area contributed by atoms with Crippen molar-refractivity contribution in [1.29, 1.82) is 0 Å². The van der Waals surface area contributed by atoms with Crippen molar-refractivity contribution in [3.05, 3.63) is 58.1 Å². The van der Waals surface area contributed by atoms with Crippen molar-refractivity contribution in [3.63, 3.8) is 0 Å². The minimum absolute atomic E-state index is 0.0353. The number of nitrogens with one attached hydrogen (secondary N) is 2. The standard InChI is InChI=1S/C15H14Cl2N2O3S/c1-10-2-5-12(8-14(10)17)19-15(20)9-18-23(21,22)13-6-3-11(16)4-7-13/h2-8,18H,9H2,1H3,(H,19,20). The number of amides is 1. The number of halogens is 2. The van der Waals surface area contributed by atoms with Crippen LogP contribution in [-0.4, -0.2) is 20.9 Å². The van der Waals surface area contributed by atoms with Crippen LogP contribution in [0.15, 0.2) is 47.4 Å². The van der Waals surface area contributed by atoms with Crippen molar-refractivity contribution in [2.45, 2.75) is 11.8 Å². The third kappa shape index (κ3) is 4.94. The van der Waals surface area contributed by atoms with Gasteiger partial charge in [-0.15, -0.1) is 0 Å². The van der Waals surface area contributed by atoms with Crippen molar-refractivity contribution in [1.82, 2.24) is 4.72 Å². The van der Waals surface area contributed by atoms with Crippen molar-refractivity contribution in [3.8, 4) is 0 Å². The zero-order chi connectivity index (χ0) is 17.0. The molecule has 23 heavy (non-hydrogen) atoms. The third-order valence-corrected chi connectivity index (χ3v) is 5.08. The van der Waals surface area contributed by atoms with Gasteiger partial charge in [-0.05, 0) is 48.9 Å². The van der Waals surface area contributed by atoms with E-state index in [0.29, 0.717) is 15.7 Å². The number of benzene rings is 2. The summed E-state index contributed by atoms with van der Waals surface area (Å²) < 4.78 is 26.3. The predicted molar refractivity (Wildman–Crippen MR) is 91.5 cm³/mol. The first-order chi connectivity index (χ1) is 10.8. The van der Waals surface area contributed by atoms with Gasteiger partial charge in [0.25, 0.3) is 0 Å². The Hall–Kier alpha value is -1.60. The smallest absolute Gasteiger partial charge is 0.241 e. The lowest BCUT2D eigenvalue weighted by molar-refractivity contribution is -0.115. The van der Waals surface area contributed by atoms with Gasteiger partial charge in [0.05, 0.1) is 11.4 Å². The monoisotopic (exact) mass is 372 g/mol. The number of rotatable bonds is 5. The van der Waals surface area contributed by atoms with E-state index < -0.39 is 22.5 Å². The van der Waals surface area contributed by atoms with Crippen molar-refractivity contribution in [2.24, 2.45) is 0 Å². The Morgan fingerprint density at radius 2 is 1.74 bits per heavy atom. The summed E-state index contributed by atoms with van der Waals surface area (Å²) >= 11 is 11.7. The van der Waals surface area contributed by atoms with Gasteiger partial charge in [0.1, 0.15) is 0 Å². The number of carbonyl (C=O) groups excluding carboxylic acids is 1. The summed E-state index contributed by atoms with van der Waals surface area (Å²) in [6, 6.07) is 10.7. The lowest BCUT2D eigenvalue weighted by Crippen LogP contribution is -2.32. The van der Waals surface area contributed by atoms with Crippen LogP contribution in [0.5, 0.6) is 0 Å². The van der Waals surface area contributed by atoms with Crippen LogP contribution < -0.4 is 10.0 Å². The fraction of sp³-hybridized carbons (Fsp3) is 0.133. The Labute approximate surface area is 144 Å². The Morgan fingerprint density at radius 3 is 2.35 bits per heavy atom. The summed E-state index contributed by atoms with van der Waals surface area (Å²) in [6.45, 7) is 1.45. The lowest BCUT2D eigenvalue weighted by Gasteiger charge is -2.09. The molecule has 2 aromatic carbocycles. The highest BCUT2D eigenvalue weighted by molar-refractivity contribution is 7.89. The van der Waals surface area contributed by atoms with Gasteiger partial charge < -0.3 is 5.32 Å². The van der Waals surface area contributed by atoms with E-state index in [9.17, 15) is 13.2 Å². The molecule has 1 amide bonds. The molecule has 0 saturated heterocycles. The largest absolute Gasteiger partial charge is 0.325 e. The molecule has 0 fully saturated rings. The average molecular weight is 373 g/mol. The average Bonchev–Trinajstić information content (AvgIpc) is 2.50. The van der Waals surface area contributed by atoms with E-state index in [2.05, 4.69) is 10.0 Å². The van der Waals surface area contributed by atoms with Crippen molar-refractivity contribution >= 4 is 44.8 Å². The van der Waals surface area contributed by atoms with Gasteiger partial charge in [-0.2, -0.15) is 0 Å². The van der Waals surface area contributed by atoms with Gasteiger partial charge in [-0.1, -0.05) is 29.3 Å². The molecule has 2 aromatic rings. The van der Waals surface area contributed by atoms with Gasteiger partial charge in [0, 0.05) is 15.7 Å². The summed E-state index contributed by atoms with van der Waals surface area (Å²) in [5.74, 6) is -0.498. The molecule has 2 N–H and O–H groups in total. The molecular weight excluding hydrogens is 359 g/mol. The van der Waals surface area contributed by atoms with Crippen LogP contribution in [0.1, 0.15) is 5.56 Å². The second-order valence-electron chi connectivity index (χ2n) is 4.79. The number of hydrogen-bond donors (Lipinski definition) is 2. The topological polar surface area (TPSA) is 75.3 Å². The molecule has 0 bridgehead atoms. The maximum Gasteiger partial charge on any atom is 0.241 e. The van der Waals surface area contributed by atoms with E-state index in [0.717, 1.165) is 5.56 Å². The van der Waals surface area contributed by atoms with Gasteiger partial charge in [0.15, 0.2) is 0 Å². The fourth-order valence-corrected chi connectivity index (χ4v) is 3.02. The highest BCUT2D eigenvalue weighted by Gasteiger charge is 2.15. The van der Waals surface area contributed by atoms with Gasteiger partial charge in [0.2, 0.25) is 15.9 Å². The number of carbonyl (C=O) groups is 1. The van der Waals surface area contributed by atoms with Crippen molar-refractivity contribution < 1.29 is 13.2 Å². The molecule has 0 aliphatic rings. The quantitative estimate of drug-likeness (QED) is 0.845. The predicted octanol–water partition coefficient (Wildman–Crippen LogP) is 3.22. The maximum atomic E-state index is 12.0. The maximum absolute atomic E-state index is 12.0. The Morgan fingerprint density at radius 1 is 1.09 bits per heavy atom. The molecule has 0 aliphatic carbocycles. The van der Waals surface area contributed by atoms with Gasteiger partial charge in [-0.3, -0.25) is 4.79 Å². The second kappa shape index (κ2) is 7.31. The fourth-order valence-electron chi connectivity index (χ4n) is 1.73. The van der Waals surface area contributed by atoms with E-state index in [4.69, 9.17) is 23.2 Å². The third-order valence-electron chi connectivity index (χ3n) is 3.00. The Kier molecular flexibility index (Phi) is 5.64. The van der Waals surface area contributed by atoms with E-state index >= 15 is 0 Å². The summed E-state index contributed by atoms with van der Waals surface area (Å²) in [5.41, 5.74) is 1.38. The zero-order valence-electron chi connectivity index (χ0n) is 12.1. The molecule has 0 radical (unpaired) electrons. The first-order valence-corrected chi connectivity index (χ1v) is 8.83. The molecule has 0 saturated carbocycles. The highest BCUT2D eigenvalue weighted by atomic mass is 35.5. The number of hydrogen-bond acceptors (Lipinski definition) is 3. The zero-order valence-corrected chi connectivity index (χ0v) is 14.5. The SMILES string of the molecule is Cc1ccc(NC(=O)CNS(=O)(=O)c2ccc(Cl)cc2)cc1Cl. The van der Waals surface area contributed by atoms with Crippen LogP contribution >= 0.6 is 23.2 Å². The highest BCUT2D eigenvalue weighted by Crippen LogP contribution is 2.19. The normalized spacial score (nSPS) is 11.3. The number of aryl methyl sites for hydroxylation is 1. The molecule has 5 nitrogen and oxygen atoms in total. The molecule has 0 unspecified atom stereocenters. The molecule has 0 aromatic heterocycles. The molecule has 2 rings (SSSR count). The molecule has 8 heteroatoms. The van der Waals surface area contributed by atoms with Crippen LogP contribution in [-0.2, 0) is 14.8 Å². The summed E-state index contributed by atoms with van der Waals surface area (Å²) in [5, 5.41) is 3.52. The summed E-state index contributed by atoms with van der Waals surface area (Å²) in [4.78, 5) is 11.9. The first kappa shape index (κ1) is 17.7. The van der Waals surface area contributed by atoms with Crippen LogP contribution in [0.25, 0.3) is 0 Å². The first-order valence-electron chi connectivity index (χ1n) is 6.59. The minimum Gasteiger partial charge on any atom is -0.325 e. The van der Waals surface area contributed by atoms with Gasteiger partial charge in [-0.25, -0.2) is 13.1 Å². The van der Waals surface area contributed by atoms with Crippen molar-refractivity contribution in [2.75, 3.05) is 11.9 Å². The van der Waals surface area contributed by atoms with Crippen LogP contribution in [0.4, 0.5) is 5.69 Å². The second-order valence-corrected chi connectivity index (χ2v) is 7.40. The molecule has 0 atom stereocenters. The van der Waals surface area contributed by atoms with E-state index in [-0.39, 0.29) is 4.90 Å².